The minimum Gasteiger partial charge on any atom is -0.462 e. The maximum atomic E-state index is 12.3. The summed E-state index contributed by atoms with van der Waals surface area (Å²) in [4.78, 5) is 24.5. The fourth-order valence-corrected chi connectivity index (χ4v) is 10.3. The number of carbonyl (C=O) groups is 2. The largest absolute Gasteiger partial charge is 0.462 e. The van der Waals surface area contributed by atoms with E-state index in [9.17, 15) is 14.7 Å². The van der Waals surface area contributed by atoms with E-state index in [2.05, 4.69) is 38.2 Å². The molecule has 72 heavy (non-hydrogen) atoms. The van der Waals surface area contributed by atoms with Crippen molar-refractivity contribution in [3.05, 3.63) is 24.3 Å². The third-order valence-electron chi connectivity index (χ3n) is 15.2. The van der Waals surface area contributed by atoms with E-state index >= 15 is 0 Å². The highest BCUT2D eigenvalue weighted by Gasteiger charge is 2.16. The van der Waals surface area contributed by atoms with E-state index < -0.39 is 6.10 Å². The molecule has 5 heteroatoms. The Balaban J connectivity index is 3.34. The van der Waals surface area contributed by atoms with Crippen LogP contribution in [0.15, 0.2) is 24.3 Å². The highest BCUT2D eigenvalue weighted by molar-refractivity contribution is 5.70. The second kappa shape index (κ2) is 63.7. The van der Waals surface area contributed by atoms with E-state index in [1.807, 2.05) is 0 Å². The zero-order valence-corrected chi connectivity index (χ0v) is 49.0. The molecule has 0 aliphatic heterocycles. The van der Waals surface area contributed by atoms with Crippen LogP contribution in [0.25, 0.3) is 0 Å². The van der Waals surface area contributed by atoms with Crippen LogP contribution in [0.5, 0.6) is 0 Å². The lowest BCUT2D eigenvalue weighted by Crippen LogP contribution is -2.28. The quantitative estimate of drug-likeness (QED) is 0.0373. The minimum atomic E-state index is -0.766. The first-order valence-corrected chi connectivity index (χ1v) is 32.9. The van der Waals surface area contributed by atoms with Crippen molar-refractivity contribution in [2.24, 2.45) is 0 Å². The first kappa shape index (κ1) is 70.4. The summed E-state index contributed by atoms with van der Waals surface area (Å²) in [6.07, 6.45) is 82.1. The number of hydrogen-bond acceptors (Lipinski definition) is 5. The molecule has 0 saturated heterocycles. The number of allylic oxidation sites excluding steroid dienone is 4. The predicted octanol–water partition coefficient (Wildman–Crippen LogP) is 22.4. The summed E-state index contributed by atoms with van der Waals surface area (Å²) in [6.45, 7) is 4.19. The van der Waals surface area contributed by atoms with Gasteiger partial charge < -0.3 is 14.6 Å². The van der Waals surface area contributed by atoms with Crippen LogP contribution in [0.1, 0.15) is 373 Å². The van der Waals surface area contributed by atoms with Crippen molar-refractivity contribution in [2.75, 3.05) is 13.2 Å². The highest BCUT2D eigenvalue weighted by Crippen LogP contribution is 2.19. The number of ether oxygens (including phenoxy) is 2. The molecule has 1 N–H and O–H groups in total. The Kier molecular flexibility index (Phi) is 62.2. The van der Waals surface area contributed by atoms with Crippen molar-refractivity contribution >= 4 is 11.9 Å². The van der Waals surface area contributed by atoms with Gasteiger partial charge in [-0.25, -0.2) is 0 Å². The van der Waals surface area contributed by atoms with Gasteiger partial charge in [0.1, 0.15) is 6.61 Å². The molecule has 1 atom stereocenters. The maximum Gasteiger partial charge on any atom is 0.306 e. The van der Waals surface area contributed by atoms with E-state index in [1.54, 1.807) is 0 Å². The zero-order valence-electron chi connectivity index (χ0n) is 49.0. The SMILES string of the molecule is CCCCCCC/C=C\C/C=C\CCCCCCCCCCCCCCCCCCCCCCCCCCCCCCCC(=O)OC(CO)COC(=O)CCCCCCCCCCCCCCCCCCC. The molecule has 0 bridgehead atoms. The molecule has 0 aliphatic carbocycles. The smallest absolute Gasteiger partial charge is 0.306 e. The van der Waals surface area contributed by atoms with Crippen molar-refractivity contribution < 1.29 is 24.2 Å². The minimum absolute atomic E-state index is 0.0571. The molecule has 0 fully saturated rings. The number of esters is 2. The summed E-state index contributed by atoms with van der Waals surface area (Å²) in [5, 5.41) is 9.66. The number of carbonyl (C=O) groups excluding carboxylic acids is 2. The Bertz CT molecular complexity index is 1100. The van der Waals surface area contributed by atoms with Gasteiger partial charge in [-0.15, -0.1) is 0 Å². The summed E-state index contributed by atoms with van der Waals surface area (Å²) >= 11 is 0. The monoisotopic (exact) mass is 1010 g/mol. The van der Waals surface area contributed by atoms with E-state index in [1.165, 1.54) is 308 Å². The van der Waals surface area contributed by atoms with Gasteiger partial charge in [0.25, 0.3) is 0 Å². The van der Waals surface area contributed by atoms with Gasteiger partial charge >= 0.3 is 11.9 Å². The lowest BCUT2D eigenvalue weighted by molar-refractivity contribution is -0.161. The third kappa shape index (κ3) is 60.9. The van der Waals surface area contributed by atoms with Crippen molar-refractivity contribution in [3.8, 4) is 0 Å². The summed E-state index contributed by atoms with van der Waals surface area (Å²) in [5.41, 5.74) is 0. The second-order valence-corrected chi connectivity index (χ2v) is 22.6. The van der Waals surface area contributed by atoms with Crippen LogP contribution in [0, 0.1) is 0 Å². The molecule has 5 nitrogen and oxygen atoms in total. The number of aliphatic hydroxyl groups excluding tert-OH is 1. The van der Waals surface area contributed by atoms with Crippen molar-refractivity contribution in [2.45, 2.75) is 380 Å². The standard InChI is InChI=1S/C67H128O5/c1-3-5-7-9-11-13-15-17-19-21-22-23-24-25-26-27-28-29-30-31-32-33-34-35-36-37-38-39-40-41-42-43-44-46-48-50-52-54-56-58-60-62-67(70)72-65(63-68)64-71-66(69)61-59-57-55-53-51-49-47-45-20-18-16-14-12-10-8-6-4-2/h15,17,21-22,65,68H,3-14,16,18-20,23-64H2,1-2H3/b17-15-,22-21-. The van der Waals surface area contributed by atoms with Gasteiger partial charge in [-0.05, 0) is 44.9 Å². The Morgan fingerprint density at radius 2 is 0.556 bits per heavy atom. The summed E-state index contributed by atoms with van der Waals surface area (Å²) < 4.78 is 10.7. The predicted molar refractivity (Wildman–Crippen MR) is 316 cm³/mol. The molecule has 0 aromatic carbocycles. The van der Waals surface area contributed by atoms with Crippen LogP contribution in [0.4, 0.5) is 0 Å². The van der Waals surface area contributed by atoms with Crippen molar-refractivity contribution in [1.82, 2.24) is 0 Å². The molecule has 426 valence electrons. The number of unbranched alkanes of at least 4 members (excludes halogenated alkanes) is 50. The molecule has 0 spiro atoms. The highest BCUT2D eigenvalue weighted by atomic mass is 16.6. The van der Waals surface area contributed by atoms with Crippen LogP contribution < -0.4 is 0 Å². The molecule has 0 heterocycles. The molecule has 0 aliphatic rings. The molecule has 0 aromatic heterocycles. The fraction of sp³-hybridized carbons (Fsp3) is 0.910. The van der Waals surface area contributed by atoms with E-state index in [4.69, 9.17) is 9.47 Å². The molecule has 0 rings (SSSR count). The molecular formula is C67H128O5. The third-order valence-corrected chi connectivity index (χ3v) is 15.2. The molecular weight excluding hydrogens is 885 g/mol. The van der Waals surface area contributed by atoms with Gasteiger partial charge in [0, 0.05) is 12.8 Å². The topological polar surface area (TPSA) is 72.8 Å². The van der Waals surface area contributed by atoms with Gasteiger partial charge in [-0.1, -0.05) is 340 Å². The Morgan fingerprint density at radius 3 is 0.819 bits per heavy atom. The average Bonchev–Trinajstić information content (AvgIpc) is 3.38. The average molecular weight is 1010 g/mol. The van der Waals surface area contributed by atoms with Gasteiger partial charge in [0.05, 0.1) is 6.61 Å². The first-order chi connectivity index (χ1) is 35.6. The van der Waals surface area contributed by atoms with Gasteiger partial charge in [-0.2, -0.15) is 0 Å². The van der Waals surface area contributed by atoms with Crippen molar-refractivity contribution in [1.29, 1.82) is 0 Å². The molecule has 1 unspecified atom stereocenters. The van der Waals surface area contributed by atoms with Crippen LogP contribution in [0.3, 0.4) is 0 Å². The normalized spacial score (nSPS) is 12.2. The molecule has 0 radical (unpaired) electrons. The zero-order chi connectivity index (χ0) is 52.0. The Morgan fingerprint density at radius 1 is 0.319 bits per heavy atom. The lowest BCUT2D eigenvalue weighted by atomic mass is 10.0. The lowest BCUT2D eigenvalue weighted by Gasteiger charge is -2.15. The van der Waals surface area contributed by atoms with Crippen LogP contribution in [-0.2, 0) is 19.1 Å². The van der Waals surface area contributed by atoms with Crippen LogP contribution >= 0.6 is 0 Å². The van der Waals surface area contributed by atoms with Crippen LogP contribution in [0.2, 0.25) is 0 Å². The Hall–Kier alpha value is -1.62. The second-order valence-electron chi connectivity index (χ2n) is 22.6. The van der Waals surface area contributed by atoms with Crippen LogP contribution in [-0.4, -0.2) is 36.4 Å². The van der Waals surface area contributed by atoms with Gasteiger partial charge in [0.15, 0.2) is 6.10 Å². The Labute approximate surface area is 451 Å². The first-order valence-electron chi connectivity index (χ1n) is 32.9. The van der Waals surface area contributed by atoms with E-state index in [0.717, 1.165) is 38.5 Å². The number of rotatable bonds is 62. The molecule has 0 aromatic rings. The number of hydrogen-bond donors (Lipinski definition) is 1. The van der Waals surface area contributed by atoms with E-state index in [-0.39, 0.29) is 25.2 Å². The summed E-state index contributed by atoms with van der Waals surface area (Å²) in [5.74, 6) is -0.565. The summed E-state index contributed by atoms with van der Waals surface area (Å²) in [6, 6.07) is 0. The van der Waals surface area contributed by atoms with Crippen molar-refractivity contribution in [3.63, 3.8) is 0 Å². The molecule has 0 amide bonds. The summed E-state index contributed by atoms with van der Waals surface area (Å²) in [7, 11) is 0. The fourth-order valence-electron chi connectivity index (χ4n) is 10.3. The van der Waals surface area contributed by atoms with Gasteiger partial charge in [-0.3, -0.25) is 9.59 Å². The number of aliphatic hydroxyl groups is 1. The van der Waals surface area contributed by atoms with E-state index in [0.29, 0.717) is 12.8 Å². The molecule has 0 saturated carbocycles. The van der Waals surface area contributed by atoms with Gasteiger partial charge in [0.2, 0.25) is 0 Å². The maximum absolute atomic E-state index is 12.3.